The third-order valence-corrected chi connectivity index (χ3v) is 4.36. The molecule has 1 heterocycles. The highest BCUT2D eigenvalue weighted by molar-refractivity contribution is 14.0. The average molecular weight is 466 g/mol. The molecule has 0 aliphatic carbocycles. The number of guanidine groups is 1. The SMILES string of the molecule is Cc1ccc(NC(N)=NCc2ccccc2CN2CCOCC2)cc1.I. The summed E-state index contributed by atoms with van der Waals surface area (Å²) in [5.41, 5.74) is 10.7. The monoisotopic (exact) mass is 466 g/mol. The topological polar surface area (TPSA) is 62.9 Å². The van der Waals surface area contributed by atoms with E-state index in [1.807, 2.05) is 24.3 Å². The van der Waals surface area contributed by atoms with Crippen molar-refractivity contribution in [3.05, 3.63) is 65.2 Å². The molecule has 5 nitrogen and oxygen atoms in total. The number of morpholine rings is 1. The molecule has 3 rings (SSSR count). The van der Waals surface area contributed by atoms with Crippen molar-refractivity contribution < 1.29 is 4.74 Å². The standard InChI is InChI=1S/C20H26N4O.HI/c1-16-6-8-19(9-7-16)23-20(21)22-14-17-4-2-3-5-18(17)15-24-10-12-25-13-11-24;/h2-9H,10-15H2,1H3,(H3,21,22,23);1H. The first-order valence-electron chi connectivity index (χ1n) is 8.71. The van der Waals surface area contributed by atoms with Crippen LogP contribution in [0.5, 0.6) is 0 Å². The molecule has 1 fully saturated rings. The quantitative estimate of drug-likeness (QED) is 0.403. The van der Waals surface area contributed by atoms with Crippen molar-refractivity contribution in [3.63, 3.8) is 0 Å². The largest absolute Gasteiger partial charge is 0.379 e. The zero-order valence-corrected chi connectivity index (χ0v) is 17.5. The van der Waals surface area contributed by atoms with Gasteiger partial charge in [-0.2, -0.15) is 0 Å². The minimum atomic E-state index is 0. The summed E-state index contributed by atoms with van der Waals surface area (Å²) in [7, 11) is 0. The molecule has 0 saturated carbocycles. The Hall–Kier alpha value is -1.64. The summed E-state index contributed by atoms with van der Waals surface area (Å²) < 4.78 is 5.42. The van der Waals surface area contributed by atoms with Crippen LogP contribution in [0.4, 0.5) is 5.69 Å². The molecule has 0 atom stereocenters. The second kappa shape index (κ2) is 10.5. The maximum absolute atomic E-state index is 6.04. The van der Waals surface area contributed by atoms with Gasteiger partial charge in [0.1, 0.15) is 0 Å². The van der Waals surface area contributed by atoms with Crippen LogP contribution < -0.4 is 11.1 Å². The van der Waals surface area contributed by atoms with E-state index in [0.29, 0.717) is 12.5 Å². The Labute approximate surface area is 172 Å². The number of ether oxygens (including phenoxy) is 1. The number of hydrogen-bond donors (Lipinski definition) is 2. The van der Waals surface area contributed by atoms with Gasteiger partial charge in [-0.15, -0.1) is 24.0 Å². The van der Waals surface area contributed by atoms with Crippen molar-refractivity contribution in [1.29, 1.82) is 0 Å². The number of rotatable bonds is 5. The fourth-order valence-electron chi connectivity index (χ4n) is 2.86. The van der Waals surface area contributed by atoms with E-state index in [1.54, 1.807) is 0 Å². The molecule has 0 aromatic heterocycles. The molecule has 2 aromatic rings. The zero-order chi connectivity index (χ0) is 17.5. The molecule has 0 bridgehead atoms. The molecule has 2 aromatic carbocycles. The molecular formula is C20H27IN4O. The average Bonchev–Trinajstić information content (AvgIpc) is 2.64. The van der Waals surface area contributed by atoms with Gasteiger partial charge in [-0.1, -0.05) is 42.0 Å². The first-order valence-corrected chi connectivity index (χ1v) is 8.71. The minimum absolute atomic E-state index is 0. The molecule has 0 spiro atoms. The first-order chi connectivity index (χ1) is 12.2. The van der Waals surface area contributed by atoms with E-state index in [0.717, 1.165) is 38.5 Å². The van der Waals surface area contributed by atoms with Crippen molar-refractivity contribution >= 4 is 35.6 Å². The Morgan fingerprint density at radius 3 is 2.42 bits per heavy atom. The van der Waals surface area contributed by atoms with Crippen molar-refractivity contribution in [2.45, 2.75) is 20.0 Å². The lowest BCUT2D eigenvalue weighted by atomic mass is 10.1. The summed E-state index contributed by atoms with van der Waals surface area (Å²) in [4.78, 5) is 6.92. The van der Waals surface area contributed by atoms with Crippen LogP contribution in [0.1, 0.15) is 16.7 Å². The van der Waals surface area contributed by atoms with Gasteiger partial charge in [-0.05, 0) is 30.2 Å². The molecule has 26 heavy (non-hydrogen) atoms. The second-order valence-corrected chi connectivity index (χ2v) is 6.35. The predicted molar refractivity (Wildman–Crippen MR) is 118 cm³/mol. The minimum Gasteiger partial charge on any atom is -0.379 e. The molecule has 1 aliphatic heterocycles. The molecule has 0 unspecified atom stereocenters. The third-order valence-electron chi connectivity index (χ3n) is 4.36. The van der Waals surface area contributed by atoms with Crippen molar-refractivity contribution in [1.82, 2.24) is 4.90 Å². The van der Waals surface area contributed by atoms with Crippen LogP contribution in [0.25, 0.3) is 0 Å². The van der Waals surface area contributed by atoms with Crippen molar-refractivity contribution in [2.75, 3.05) is 31.6 Å². The fourth-order valence-corrected chi connectivity index (χ4v) is 2.86. The highest BCUT2D eigenvalue weighted by atomic mass is 127. The van der Waals surface area contributed by atoms with E-state index >= 15 is 0 Å². The van der Waals surface area contributed by atoms with Gasteiger partial charge in [0.15, 0.2) is 5.96 Å². The Morgan fingerprint density at radius 2 is 1.73 bits per heavy atom. The summed E-state index contributed by atoms with van der Waals surface area (Å²) in [6, 6.07) is 16.5. The number of nitrogens with zero attached hydrogens (tertiary/aromatic N) is 2. The number of halogens is 1. The molecule has 1 saturated heterocycles. The lowest BCUT2D eigenvalue weighted by molar-refractivity contribution is 0.0341. The number of anilines is 1. The van der Waals surface area contributed by atoms with Crippen molar-refractivity contribution in [2.24, 2.45) is 10.7 Å². The van der Waals surface area contributed by atoms with E-state index < -0.39 is 0 Å². The summed E-state index contributed by atoms with van der Waals surface area (Å²) >= 11 is 0. The van der Waals surface area contributed by atoms with E-state index in [-0.39, 0.29) is 24.0 Å². The van der Waals surface area contributed by atoms with Crippen LogP contribution in [0, 0.1) is 6.92 Å². The van der Waals surface area contributed by atoms with Gasteiger partial charge >= 0.3 is 0 Å². The van der Waals surface area contributed by atoms with Crippen LogP contribution in [-0.4, -0.2) is 37.2 Å². The highest BCUT2D eigenvalue weighted by Crippen LogP contribution is 2.14. The number of hydrogen-bond acceptors (Lipinski definition) is 3. The van der Waals surface area contributed by atoms with Gasteiger partial charge in [0.05, 0.1) is 19.8 Å². The Morgan fingerprint density at radius 1 is 1.08 bits per heavy atom. The number of aliphatic imine (C=N–C) groups is 1. The second-order valence-electron chi connectivity index (χ2n) is 6.35. The number of aryl methyl sites for hydroxylation is 1. The molecule has 3 N–H and O–H groups in total. The lowest BCUT2D eigenvalue weighted by Gasteiger charge is -2.27. The lowest BCUT2D eigenvalue weighted by Crippen LogP contribution is -2.35. The molecule has 140 valence electrons. The van der Waals surface area contributed by atoms with Gasteiger partial charge in [-0.25, -0.2) is 4.99 Å². The number of nitrogens with one attached hydrogen (secondary N) is 1. The smallest absolute Gasteiger partial charge is 0.193 e. The van der Waals surface area contributed by atoms with Crippen LogP contribution >= 0.6 is 24.0 Å². The van der Waals surface area contributed by atoms with Crippen LogP contribution in [0.15, 0.2) is 53.5 Å². The first kappa shape index (κ1) is 20.7. The predicted octanol–water partition coefficient (Wildman–Crippen LogP) is 3.37. The summed E-state index contributed by atoms with van der Waals surface area (Å²) in [5.74, 6) is 0.435. The summed E-state index contributed by atoms with van der Waals surface area (Å²) in [6.45, 7) is 7.16. The maximum atomic E-state index is 6.04. The van der Waals surface area contributed by atoms with Crippen molar-refractivity contribution in [3.8, 4) is 0 Å². The normalized spacial score (nSPS) is 15.3. The molecule has 0 radical (unpaired) electrons. The zero-order valence-electron chi connectivity index (χ0n) is 15.1. The number of benzene rings is 2. The van der Waals surface area contributed by atoms with Gasteiger partial charge in [0.2, 0.25) is 0 Å². The molecule has 0 amide bonds. The Balaban J connectivity index is 0.00000243. The Kier molecular flexibility index (Phi) is 8.34. The van der Waals surface area contributed by atoms with Gasteiger partial charge < -0.3 is 15.8 Å². The van der Waals surface area contributed by atoms with E-state index in [2.05, 4.69) is 46.4 Å². The van der Waals surface area contributed by atoms with E-state index in [4.69, 9.17) is 10.5 Å². The van der Waals surface area contributed by atoms with Gasteiger partial charge in [0, 0.05) is 25.3 Å². The van der Waals surface area contributed by atoms with Crippen LogP contribution in [0.3, 0.4) is 0 Å². The maximum Gasteiger partial charge on any atom is 0.193 e. The third kappa shape index (κ3) is 6.26. The van der Waals surface area contributed by atoms with Crippen LogP contribution in [0.2, 0.25) is 0 Å². The molecule has 6 heteroatoms. The van der Waals surface area contributed by atoms with Gasteiger partial charge in [-0.3, -0.25) is 4.90 Å². The Bertz CT molecular complexity index is 712. The van der Waals surface area contributed by atoms with Gasteiger partial charge in [0.25, 0.3) is 0 Å². The molecule has 1 aliphatic rings. The molecular weight excluding hydrogens is 439 g/mol. The fraction of sp³-hybridized carbons (Fsp3) is 0.350. The highest BCUT2D eigenvalue weighted by Gasteiger charge is 2.12. The van der Waals surface area contributed by atoms with E-state index in [1.165, 1.54) is 16.7 Å². The van der Waals surface area contributed by atoms with Crippen LogP contribution in [-0.2, 0) is 17.8 Å². The number of nitrogens with two attached hydrogens (primary N) is 1. The van der Waals surface area contributed by atoms with E-state index in [9.17, 15) is 0 Å². The summed E-state index contributed by atoms with van der Waals surface area (Å²) in [6.07, 6.45) is 0. The summed E-state index contributed by atoms with van der Waals surface area (Å²) in [5, 5.41) is 3.14.